The van der Waals surface area contributed by atoms with Gasteiger partial charge in [0.1, 0.15) is 34.0 Å². The average Bonchev–Trinajstić information content (AvgIpc) is 2.89. The molecular formula is C29H28N2O6. The number of phenols is 3. The Morgan fingerprint density at radius 2 is 1.59 bits per heavy atom. The van der Waals surface area contributed by atoms with Crippen LogP contribution < -0.4 is 5.43 Å². The first kappa shape index (κ1) is 24.4. The summed E-state index contributed by atoms with van der Waals surface area (Å²) in [5, 5.41) is 31.5. The van der Waals surface area contributed by atoms with Gasteiger partial charge in [-0.15, -0.1) is 0 Å². The zero-order valence-electron chi connectivity index (χ0n) is 20.4. The number of amides is 1. The van der Waals surface area contributed by atoms with Crippen molar-refractivity contribution in [3.8, 4) is 28.6 Å². The van der Waals surface area contributed by atoms with Crippen LogP contribution in [0.4, 0.5) is 0 Å². The molecule has 0 radical (unpaired) electrons. The van der Waals surface area contributed by atoms with Crippen molar-refractivity contribution < 1.29 is 24.5 Å². The maximum Gasteiger partial charge on any atom is 0.223 e. The predicted molar refractivity (Wildman–Crippen MR) is 140 cm³/mol. The van der Waals surface area contributed by atoms with Crippen molar-refractivity contribution in [1.82, 2.24) is 9.80 Å². The van der Waals surface area contributed by atoms with E-state index in [1.165, 1.54) is 18.2 Å². The van der Waals surface area contributed by atoms with E-state index in [2.05, 4.69) is 4.90 Å². The Morgan fingerprint density at radius 3 is 2.27 bits per heavy atom. The highest BCUT2D eigenvalue weighted by molar-refractivity contribution is 5.91. The fraction of sp³-hybridized carbons (Fsp3) is 0.241. The number of likely N-dealkylation sites (N-methyl/N-ethyl adjacent to an activating group) is 1. The second kappa shape index (κ2) is 9.99. The second-order valence-electron chi connectivity index (χ2n) is 9.41. The fourth-order valence-electron chi connectivity index (χ4n) is 4.86. The Balaban J connectivity index is 1.69. The third-order valence-corrected chi connectivity index (χ3v) is 6.93. The number of hydrogen-bond acceptors (Lipinski definition) is 7. The Bertz CT molecular complexity index is 1490. The van der Waals surface area contributed by atoms with Crippen LogP contribution in [0.25, 0.3) is 22.3 Å². The van der Waals surface area contributed by atoms with Crippen LogP contribution in [-0.4, -0.2) is 64.3 Å². The van der Waals surface area contributed by atoms with Crippen molar-refractivity contribution in [2.24, 2.45) is 0 Å². The monoisotopic (exact) mass is 500 g/mol. The molecule has 0 aliphatic carbocycles. The lowest BCUT2D eigenvalue weighted by Gasteiger charge is -2.33. The number of aromatic hydroxyl groups is 3. The van der Waals surface area contributed by atoms with Crippen molar-refractivity contribution >= 4 is 16.9 Å². The van der Waals surface area contributed by atoms with Crippen LogP contribution >= 0.6 is 0 Å². The van der Waals surface area contributed by atoms with Crippen molar-refractivity contribution in [2.45, 2.75) is 12.3 Å². The van der Waals surface area contributed by atoms with E-state index in [0.717, 1.165) is 19.2 Å². The number of nitrogens with zero attached hydrogens (tertiary/aromatic N) is 2. The molecule has 8 nitrogen and oxygen atoms in total. The number of carbonyl (C=O) groups is 1. The first-order valence-electron chi connectivity index (χ1n) is 12.1. The first-order chi connectivity index (χ1) is 17.8. The van der Waals surface area contributed by atoms with Crippen LogP contribution in [0.2, 0.25) is 0 Å². The summed E-state index contributed by atoms with van der Waals surface area (Å²) in [4.78, 5) is 30.5. The summed E-state index contributed by atoms with van der Waals surface area (Å²) in [7, 11) is 2.01. The Kier molecular flexibility index (Phi) is 6.58. The zero-order valence-corrected chi connectivity index (χ0v) is 20.4. The molecule has 1 atom stereocenters. The average molecular weight is 501 g/mol. The van der Waals surface area contributed by atoms with Gasteiger partial charge in [0.05, 0.1) is 0 Å². The van der Waals surface area contributed by atoms with E-state index in [1.54, 1.807) is 29.2 Å². The van der Waals surface area contributed by atoms with E-state index in [4.69, 9.17) is 4.42 Å². The summed E-state index contributed by atoms with van der Waals surface area (Å²) in [6, 6.07) is 17.8. The molecular weight excluding hydrogens is 472 g/mol. The number of carbonyl (C=O) groups excluding carboxylic acids is 1. The normalized spacial score (nSPS) is 15.1. The van der Waals surface area contributed by atoms with Gasteiger partial charge in [-0.2, -0.15) is 0 Å². The van der Waals surface area contributed by atoms with Crippen molar-refractivity contribution in [1.29, 1.82) is 0 Å². The summed E-state index contributed by atoms with van der Waals surface area (Å²) in [6.07, 6.45) is 0.00119. The lowest BCUT2D eigenvalue weighted by Crippen LogP contribution is -2.47. The van der Waals surface area contributed by atoms with E-state index < -0.39 is 17.1 Å². The van der Waals surface area contributed by atoms with Gasteiger partial charge in [-0.1, -0.05) is 42.5 Å². The molecule has 1 fully saturated rings. The van der Waals surface area contributed by atoms with Crippen LogP contribution in [0.3, 0.4) is 0 Å². The van der Waals surface area contributed by atoms with Gasteiger partial charge in [-0.25, -0.2) is 0 Å². The molecule has 190 valence electrons. The predicted octanol–water partition coefficient (Wildman–Crippen LogP) is 3.87. The van der Waals surface area contributed by atoms with Gasteiger partial charge in [0.15, 0.2) is 5.43 Å². The van der Waals surface area contributed by atoms with Gasteiger partial charge < -0.3 is 29.5 Å². The molecule has 4 aromatic rings. The fourth-order valence-corrected chi connectivity index (χ4v) is 4.86. The maximum atomic E-state index is 13.4. The summed E-state index contributed by atoms with van der Waals surface area (Å²) < 4.78 is 6.19. The van der Waals surface area contributed by atoms with E-state index in [0.29, 0.717) is 24.2 Å². The highest BCUT2D eigenvalue weighted by atomic mass is 16.3. The summed E-state index contributed by atoms with van der Waals surface area (Å²) in [5.41, 5.74) is 1.10. The highest BCUT2D eigenvalue weighted by Gasteiger charge is 2.30. The third kappa shape index (κ3) is 4.88. The minimum absolute atomic E-state index is 0.00119. The summed E-state index contributed by atoms with van der Waals surface area (Å²) in [6.45, 7) is 2.71. The molecule has 0 unspecified atom stereocenters. The van der Waals surface area contributed by atoms with Crippen LogP contribution in [-0.2, 0) is 4.79 Å². The van der Waals surface area contributed by atoms with Gasteiger partial charge in [0.2, 0.25) is 5.91 Å². The van der Waals surface area contributed by atoms with E-state index in [-0.39, 0.29) is 46.1 Å². The number of phenolic OH excluding ortho intramolecular Hbond substituents is 3. The van der Waals surface area contributed by atoms with Crippen molar-refractivity contribution in [2.75, 3.05) is 33.2 Å². The van der Waals surface area contributed by atoms with E-state index >= 15 is 0 Å². The molecule has 1 aliphatic rings. The quantitative estimate of drug-likeness (QED) is 0.381. The van der Waals surface area contributed by atoms with Crippen LogP contribution in [0.1, 0.15) is 23.5 Å². The maximum absolute atomic E-state index is 13.4. The molecule has 1 amide bonds. The SMILES string of the molecule is CN1CCN(C(=O)C[C@H](c2ccc(O)cc2)c2c(O)cc(O)c3c(=O)cc(-c4ccccc4)oc23)CC1. The molecule has 1 aromatic heterocycles. The van der Waals surface area contributed by atoms with Gasteiger partial charge in [-0.3, -0.25) is 9.59 Å². The first-order valence-corrected chi connectivity index (χ1v) is 12.1. The molecule has 8 heteroatoms. The molecule has 0 spiro atoms. The van der Waals surface area contributed by atoms with E-state index in [1.807, 2.05) is 25.2 Å². The molecule has 3 N–H and O–H groups in total. The smallest absolute Gasteiger partial charge is 0.223 e. The third-order valence-electron chi connectivity index (χ3n) is 6.93. The molecule has 5 rings (SSSR count). The van der Waals surface area contributed by atoms with E-state index in [9.17, 15) is 24.9 Å². The molecule has 2 heterocycles. The summed E-state index contributed by atoms with van der Waals surface area (Å²) in [5.74, 6) is -1.16. The zero-order chi connectivity index (χ0) is 26.1. The minimum atomic E-state index is -0.704. The Morgan fingerprint density at radius 1 is 0.919 bits per heavy atom. The molecule has 1 saturated heterocycles. The molecule has 1 aliphatic heterocycles. The number of piperazine rings is 1. The molecule has 37 heavy (non-hydrogen) atoms. The lowest BCUT2D eigenvalue weighted by molar-refractivity contribution is -0.133. The van der Waals surface area contributed by atoms with Crippen molar-refractivity contribution in [3.05, 3.63) is 88.1 Å². The standard InChI is InChI=1S/C29H28N2O6/c1-30-11-13-31(14-12-30)26(36)15-21(18-7-9-20(32)10-8-18)27-22(33)16-23(34)28-24(35)17-25(37-29(27)28)19-5-3-2-4-6-19/h2-10,16-17,21,32-34H,11-15H2,1H3/t21-/m1/s1. The van der Waals surface area contributed by atoms with Crippen molar-refractivity contribution in [3.63, 3.8) is 0 Å². The molecule has 0 bridgehead atoms. The number of rotatable bonds is 5. The number of fused-ring (bicyclic) bond motifs is 1. The second-order valence-corrected chi connectivity index (χ2v) is 9.41. The highest BCUT2D eigenvalue weighted by Crippen LogP contribution is 2.43. The number of benzene rings is 3. The van der Waals surface area contributed by atoms with Crippen LogP contribution in [0, 0.1) is 0 Å². The number of hydrogen-bond donors (Lipinski definition) is 3. The van der Waals surface area contributed by atoms with Crippen LogP contribution in [0.15, 0.2) is 75.9 Å². The molecule has 3 aromatic carbocycles. The van der Waals surface area contributed by atoms with Crippen LogP contribution in [0.5, 0.6) is 17.2 Å². The van der Waals surface area contributed by atoms with Gasteiger partial charge in [0.25, 0.3) is 0 Å². The van der Waals surface area contributed by atoms with Gasteiger partial charge in [-0.05, 0) is 24.7 Å². The van der Waals surface area contributed by atoms with Gasteiger partial charge >= 0.3 is 0 Å². The van der Waals surface area contributed by atoms with Gasteiger partial charge in [0, 0.05) is 61.8 Å². The topological polar surface area (TPSA) is 114 Å². The minimum Gasteiger partial charge on any atom is -0.508 e. The lowest BCUT2D eigenvalue weighted by atomic mass is 9.86. The Labute approximate surface area is 213 Å². The Hall–Kier alpha value is -4.30. The largest absolute Gasteiger partial charge is 0.508 e. The summed E-state index contributed by atoms with van der Waals surface area (Å²) >= 11 is 0. The molecule has 0 saturated carbocycles.